The number of hydrogen-bond donors (Lipinski definition) is 2. The van der Waals surface area contributed by atoms with Gasteiger partial charge in [-0.2, -0.15) is 0 Å². The molecule has 0 spiro atoms. The molecule has 2 N–H and O–H groups in total. The molecule has 0 atom stereocenters. The third-order valence-corrected chi connectivity index (χ3v) is 3.92. The summed E-state index contributed by atoms with van der Waals surface area (Å²) in [4.78, 5) is 35.5. The first-order valence-electron chi connectivity index (χ1n) is 8.85. The largest absolute Gasteiger partial charge is 0.454 e. The summed E-state index contributed by atoms with van der Waals surface area (Å²) in [6, 6.07) is 9.51. The first-order valence-corrected chi connectivity index (χ1v) is 8.85. The van der Waals surface area contributed by atoms with Crippen LogP contribution in [0.1, 0.15) is 36.7 Å². The van der Waals surface area contributed by atoms with Gasteiger partial charge in [0.25, 0.3) is 11.8 Å². The van der Waals surface area contributed by atoms with Crippen molar-refractivity contribution < 1.29 is 27.9 Å². The highest BCUT2D eigenvalue weighted by Gasteiger charge is 2.15. The summed E-state index contributed by atoms with van der Waals surface area (Å²) in [7, 11) is 0. The van der Waals surface area contributed by atoms with Crippen LogP contribution in [0.3, 0.4) is 0 Å². The number of rotatable bonds is 6. The lowest BCUT2D eigenvalue weighted by molar-refractivity contribution is -0.146. The highest BCUT2D eigenvalue weighted by molar-refractivity contribution is 5.96. The molecule has 0 bridgehead atoms. The summed E-state index contributed by atoms with van der Waals surface area (Å²) >= 11 is 0. The number of halogens is 2. The number of carbonyl (C=O) groups excluding carboxylic acids is 3. The van der Waals surface area contributed by atoms with Crippen LogP contribution in [-0.4, -0.2) is 30.9 Å². The average Bonchev–Trinajstić information content (AvgIpc) is 2.63. The Hall–Kier alpha value is -3.29. The molecule has 0 saturated heterocycles. The van der Waals surface area contributed by atoms with Gasteiger partial charge in [0.05, 0.1) is 0 Å². The highest BCUT2D eigenvalue weighted by atomic mass is 19.1. The maximum atomic E-state index is 13.1. The molecule has 0 aliphatic rings. The van der Waals surface area contributed by atoms with Gasteiger partial charge >= 0.3 is 5.97 Å². The van der Waals surface area contributed by atoms with Crippen molar-refractivity contribution in [3.8, 4) is 0 Å². The van der Waals surface area contributed by atoms with Crippen molar-refractivity contribution in [3.63, 3.8) is 0 Å². The number of anilines is 1. The van der Waals surface area contributed by atoms with Gasteiger partial charge in [-0.3, -0.25) is 14.4 Å². The van der Waals surface area contributed by atoms with E-state index in [0.717, 1.165) is 17.7 Å². The van der Waals surface area contributed by atoms with Gasteiger partial charge in [-0.1, -0.05) is 32.9 Å². The minimum atomic E-state index is -0.851. The maximum Gasteiger partial charge on any atom is 0.325 e. The molecule has 0 fully saturated rings. The summed E-state index contributed by atoms with van der Waals surface area (Å²) in [5.41, 5.74) is 1.31. The van der Waals surface area contributed by atoms with E-state index in [4.69, 9.17) is 4.74 Å². The fourth-order valence-corrected chi connectivity index (χ4v) is 2.40. The molecule has 2 amide bonds. The predicted octanol–water partition coefficient (Wildman–Crippen LogP) is 3.17. The Morgan fingerprint density at radius 1 is 0.966 bits per heavy atom. The minimum absolute atomic E-state index is 0.0450. The predicted molar refractivity (Wildman–Crippen MR) is 103 cm³/mol. The van der Waals surface area contributed by atoms with E-state index < -0.39 is 42.6 Å². The lowest BCUT2D eigenvalue weighted by Gasteiger charge is -2.19. The molecule has 0 radical (unpaired) electrons. The van der Waals surface area contributed by atoms with Gasteiger partial charge in [0.15, 0.2) is 6.61 Å². The summed E-state index contributed by atoms with van der Waals surface area (Å²) in [5.74, 6) is -3.76. The van der Waals surface area contributed by atoms with Crippen LogP contribution in [0.15, 0.2) is 42.5 Å². The Morgan fingerprint density at radius 3 is 2.10 bits per heavy atom. The monoisotopic (exact) mass is 404 g/mol. The van der Waals surface area contributed by atoms with Crippen LogP contribution in [0.2, 0.25) is 0 Å². The van der Waals surface area contributed by atoms with E-state index in [1.165, 1.54) is 0 Å². The third kappa shape index (κ3) is 6.99. The molecule has 0 heterocycles. The fraction of sp³-hybridized carbons (Fsp3) is 0.286. The molecule has 0 aromatic heterocycles. The van der Waals surface area contributed by atoms with Crippen LogP contribution >= 0.6 is 0 Å². The standard InChI is InChI=1S/C21H22F2N2O4/c1-21(2,3)14-6-4-13(5-7-14)20(28)24-11-19(27)29-12-18(26)25-17-9-15(22)8-16(23)10-17/h4-10H,11-12H2,1-3H3,(H,24,28)(H,25,26). The summed E-state index contributed by atoms with van der Waals surface area (Å²) in [5, 5.41) is 4.60. The van der Waals surface area contributed by atoms with Gasteiger partial charge in [0.2, 0.25) is 0 Å². The molecule has 0 unspecified atom stereocenters. The molecule has 2 aromatic rings. The van der Waals surface area contributed by atoms with Gasteiger partial charge in [0.1, 0.15) is 18.2 Å². The molecule has 0 saturated carbocycles. The van der Waals surface area contributed by atoms with E-state index in [1.807, 2.05) is 12.1 Å². The maximum absolute atomic E-state index is 13.1. The van der Waals surface area contributed by atoms with E-state index in [-0.39, 0.29) is 11.1 Å². The first kappa shape index (κ1) is 22.0. The number of benzene rings is 2. The van der Waals surface area contributed by atoms with Gasteiger partial charge in [-0.15, -0.1) is 0 Å². The van der Waals surface area contributed by atoms with Crippen molar-refractivity contribution in [2.75, 3.05) is 18.5 Å². The first-order chi connectivity index (χ1) is 13.5. The summed E-state index contributed by atoms with van der Waals surface area (Å²) in [6.07, 6.45) is 0. The lowest BCUT2D eigenvalue weighted by atomic mass is 9.87. The Kier molecular flexibility index (Phi) is 7.03. The second-order valence-electron chi connectivity index (χ2n) is 7.38. The summed E-state index contributed by atoms with van der Waals surface area (Å²) in [6.45, 7) is 5.08. The van der Waals surface area contributed by atoms with Crippen molar-refractivity contribution in [2.45, 2.75) is 26.2 Å². The molecule has 154 valence electrons. The second-order valence-corrected chi connectivity index (χ2v) is 7.38. The van der Waals surface area contributed by atoms with Crippen LogP contribution in [0, 0.1) is 11.6 Å². The number of nitrogens with one attached hydrogen (secondary N) is 2. The topological polar surface area (TPSA) is 84.5 Å². The number of amides is 2. The molecule has 2 rings (SSSR count). The van der Waals surface area contributed by atoms with E-state index in [9.17, 15) is 23.2 Å². The van der Waals surface area contributed by atoms with Gasteiger partial charge in [-0.05, 0) is 35.2 Å². The van der Waals surface area contributed by atoms with Crippen molar-refractivity contribution in [3.05, 3.63) is 65.2 Å². The number of esters is 1. The highest BCUT2D eigenvalue weighted by Crippen LogP contribution is 2.22. The van der Waals surface area contributed by atoms with Crippen LogP contribution in [0.4, 0.5) is 14.5 Å². The molecule has 2 aromatic carbocycles. The van der Waals surface area contributed by atoms with E-state index in [1.54, 1.807) is 12.1 Å². The van der Waals surface area contributed by atoms with Crippen molar-refractivity contribution >= 4 is 23.5 Å². The normalized spacial score (nSPS) is 10.9. The van der Waals surface area contributed by atoms with E-state index in [2.05, 4.69) is 31.4 Å². The third-order valence-electron chi connectivity index (χ3n) is 3.92. The number of ether oxygens (including phenoxy) is 1. The Morgan fingerprint density at radius 2 is 1.55 bits per heavy atom. The fourth-order valence-electron chi connectivity index (χ4n) is 2.40. The van der Waals surface area contributed by atoms with E-state index >= 15 is 0 Å². The Balaban J connectivity index is 1.77. The molecule has 0 aliphatic carbocycles. The van der Waals surface area contributed by atoms with E-state index in [0.29, 0.717) is 11.6 Å². The molecule has 29 heavy (non-hydrogen) atoms. The molecule has 0 aliphatic heterocycles. The molecular formula is C21H22F2N2O4. The second kappa shape index (κ2) is 9.27. The zero-order valence-corrected chi connectivity index (χ0v) is 16.3. The zero-order valence-electron chi connectivity index (χ0n) is 16.3. The van der Waals surface area contributed by atoms with Crippen LogP contribution in [0.25, 0.3) is 0 Å². The number of carbonyl (C=O) groups is 3. The zero-order chi connectivity index (χ0) is 21.6. The number of hydrogen-bond acceptors (Lipinski definition) is 4. The smallest absolute Gasteiger partial charge is 0.325 e. The minimum Gasteiger partial charge on any atom is -0.454 e. The molecule has 6 nitrogen and oxygen atoms in total. The Labute approximate surface area is 167 Å². The van der Waals surface area contributed by atoms with Crippen LogP contribution < -0.4 is 10.6 Å². The molecule has 8 heteroatoms. The van der Waals surface area contributed by atoms with Gasteiger partial charge in [0, 0.05) is 17.3 Å². The summed E-state index contributed by atoms with van der Waals surface area (Å²) < 4.78 is 30.9. The lowest BCUT2D eigenvalue weighted by Crippen LogP contribution is -2.32. The van der Waals surface area contributed by atoms with Crippen LogP contribution in [-0.2, 0) is 19.7 Å². The van der Waals surface area contributed by atoms with Crippen LogP contribution in [0.5, 0.6) is 0 Å². The van der Waals surface area contributed by atoms with Crippen molar-refractivity contribution in [2.24, 2.45) is 0 Å². The quantitative estimate of drug-likeness (QED) is 0.725. The molecular weight excluding hydrogens is 382 g/mol. The average molecular weight is 404 g/mol. The SMILES string of the molecule is CC(C)(C)c1ccc(C(=O)NCC(=O)OCC(=O)Nc2cc(F)cc(F)c2)cc1. The van der Waals surface area contributed by atoms with Crippen molar-refractivity contribution in [1.29, 1.82) is 0 Å². The van der Waals surface area contributed by atoms with Crippen molar-refractivity contribution in [1.82, 2.24) is 5.32 Å². The van der Waals surface area contributed by atoms with Gasteiger partial charge < -0.3 is 15.4 Å². The Bertz CT molecular complexity index is 886. The van der Waals surface area contributed by atoms with Gasteiger partial charge in [-0.25, -0.2) is 8.78 Å².